The minimum atomic E-state index is -3.77. The highest BCUT2D eigenvalue weighted by atomic mass is 32.2. The van der Waals surface area contributed by atoms with Crippen molar-refractivity contribution in [3.63, 3.8) is 0 Å². The first kappa shape index (κ1) is 15.5. The Bertz CT molecular complexity index is 717. The minimum Gasteiger partial charge on any atom is -0.207 e. The number of aromatic amines is 1. The molecule has 2 aromatic rings. The van der Waals surface area contributed by atoms with Crippen molar-refractivity contribution in [1.82, 2.24) is 24.9 Å². The van der Waals surface area contributed by atoms with Gasteiger partial charge in [-0.1, -0.05) is 18.2 Å². The van der Waals surface area contributed by atoms with Crippen LogP contribution in [0.3, 0.4) is 0 Å². The molecule has 1 atom stereocenters. The fourth-order valence-electron chi connectivity index (χ4n) is 1.98. The van der Waals surface area contributed by atoms with Crippen molar-refractivity contribution in [2.75, 3.05) is 13.6 Å². The van der Waals surface area contributed by atoms with Crippen LogP contribution in [0.4, 0.5) is 4.39 Å². The normalized spacial score (nSPS) is 13.6. The first-order chi connectivity index (χ1) is 9.84. The molecule has 1 aromatic carbocycles. The molecule has 0 unspecified atom stereocenters. The number of halogens is 1. The molecule has 7 nitrogen and oxygen atoms in total. The molecule has 1 N–H and O–H groups in total. The van der Waals surface area contributed by atoms with Crippen LogP contribution in [0.2, 0.25) is 0 Å². The lowest BCUT2D eigenvalue weighted by molar-refractivity contribution is 0.438. The number of hydrogen-bond acceptors (Lipinski definition) is 5. The van der Waals surface area contributed by atoms with Gasteiger partial charge in [-0.05, 0) is 19.1 Å². The quantitative estimate of drug-likeness (QED) is 0.891. The van der Waals surface area contributed by atoms with Crippen LogP contribution in [0.15, 0.2) is 23.1 Å². The molecule has 0 fully saturated rings. The van der Waals surface area contributed by atoms with Crippen LogP contribution >= 0.6 is 0 Å². The third-order valence-corrected chi connectivity index (χ3v) is 5.21. The van der Waals surface area contributed by atoms with Gasteiger partial charge in [-0.15, -0.1) is 10.2 Å². The zero-order chi connectivity index (χ0) is 15.6. The summed E-state index contributed by atoms with van der Waals surface area (Å²) in [7, 11) is -2.33. The van der Waals surface area contributed by atoms with Gasteiger partial charge in [0.05, 0.1) is 4.90 Å². The molecule has 0 aliphatic rings. The fraction of sp³-hybridized carbons (Fsp3) is 0.417. The average molecular weight is 313 g/mol. The lowest BCUT2D eigenvalue weighted by Crippen LogP contribution is -2.31. The Morgan fingerprint density at radius 2 is 2.14 bits per heavy atom. The van der Waals surface area contributed by atoms with Crippen molar-refractivity contribution in [3.05, 3.63) is 35.4 Å². The predicted octanol–water partition coefficient (Wildman–Crippen LogP) is 1.07. The maximum Gasteiger partial charge on any atom is 0.243 e. The topological polar surface area (TPSA) is 91.8 Å². The fourth-order valence-corrected chi connectivity index (χ4v) is 3.47. The van der Waals surface area contributed by atoms with Crippen molar-refractivity contribution < 1.29 is 12.8 Å². The molecule has 0 bridgehead atoms. The molecule has 114 valence electrons. The molecule has 0 spiro atoms. The van der Waals surface area contributed by atoms with Crippen molar-refractivity contribution in [3.8, 4) is 0 Å². The van der Waals surface area contributed by atoms with Gasteiger partial charge >= 0.3 is 0 Å². The number of likely N-dealkylation sites (N-methyl/N-ethyl adjacent to an activating group) is 1. The summed E-state index contributed by atoms with van der Waals surface area (Å²) in [6, 6.07) is 4.01. The molecule has 9 heteroatoms. The van der Waals surface area contributed by atoms with Gasteiger partial charge in [0.2, 0.25) is 10.0 Å². The predicted molar refractivity (Wildman–Crippen MR) is 73.5 cm³/mol. The second-order valence-electron chi connectivity index (χ2n) is 4.82. The molecule has 21 heavy (non-hydrogen) atoms. The SMILES string of the molecule is Cc1c(F)cccc1S(=O)(=O)N(C)C[C@@H](C)c1nn[nH]n1. The maximum atomic E-state index is 13.5. The molecule has 0 saturated heterocycles. The van der Waals surface area contributed by atoms with E-state index in [0.717, 1.165) is 4.31 Å². The zero-order valence-electron chi connectivity index (χ0n) is 11.9. The summed E-state index contributed by atoms with van der Waals surface area (Å²) in [6.45, 7) is 3.39. The van der Waals surface area contributed by atoms with Gasteiger partial charge < -0.3 is 0 Å². The Labute approximate surface area is 122 Å². The van der Waals surface area contributed by atoms with Crippen LogP contribution in [0, 0.1) is 12.7 Å². The Balaban J connectivity index is 2.25. The third kappa shape index (κ3) is 3.08. The minimum absolute atomic E-state index is 0.0367. The summed E-state index contributed by atoms with van der Waals surface area (Å²) in [5.74, 6) is -0.360. The Hall–Kier alpha value is -1.87. The number of hydrogen-bond donors (Lipinski definition) is 1. The van der Waals surface area contributed by atoms with E-state index in [0.29, 0.717) is 5.82 Å². The largest absolute Gasteiger partial charge is 0.243 e. The molecule has 1 heterocycles. The van der Waals surface area contributed by atoms with E-state index in [1.54, 1.807) is 6.92 Å². The summed E-state index contributed by atoms with van der Waals surface area (Å²) in [4.78, 5) is -0.0367. The lowest BCUT2D eigenvalue weighted by Gasteiger charge is -2.20. The first-order valence-electron chi connectivity index (χ1n) is 6.29. The van der Waals surface area contributed by atoms with Gasteiger partial charge in [0.25, 0.3) is 0 Å². The summed E-state index contributed by atoms with van der Waals surface area (Å²) in [6.07, 6.45) is 0. The van der Waals surface area contributed by atoms with E-state index < -0.39 is 15.8 Å². The highest BCUT2D eigenvalue weighted by Crippen LogP contribution is 2.22. The molecule has 0 radical (unpaired) electrons. The summed E-state index contributed by atoms with van der Waals surface area (Å²) < 4.78 is 39.7. The molecule has 1 aromatic heterocycles. The molecule has 2 rings (SSSR count). The average Bonchev–Trinajstić information content (AvgIpc) is 2.95. The number of nitrogens with one attached hydrogen (secondary N) is 1. The van der Waals surface area contributed by atoms with Crippen LogP contribution in [0.1, 0.15) is 24.2 Å². The first-order valence-corrected chi connectivity index (χ1v) is 7.73. The van der Waals surface area contributed by atoms with Gasteiger partial charge in [-0.3, -0.25) is 0 Å². The van der Waals surface area contributed by atoms with Gasteiger partial charge in [-0.2, -0.15) is 5.21 Å². The second-order valence-corrected chi connectivity index (χ2v) is 6.83. The number of nitrogens with zero attached hydrogens (tertiary/aromatic N) is 4. The number of tetrazole rings is 1. The van der Waals surface area contributed by atoms with Gasteiger partial charge in [0, 0.05) is 25.1 Å². The van der Waals surface area contributed by atoms with Crippen LogP contribution in [0.5, 0.6) is 0 Å². The van der Waals surface area contributed by atoms with Crippen LogP contribution in [-0.2, 0) is 10.0 Å². The molecular weight excluding hydrogens is 297 g/mol. The highest BCUT2D eigenvalue weighted by Gasteiger charge is 2.26. The van der Waals surface area contributed by atoms with E-state index in [9.17, 15) is 12.8 Å². The maximum absolute atomic E-state index is 13.5. The number of aromatic nitrogens is 4. The number of benzene rings is 1. The Morgan fingerprint density at radius 1 is 1.43 bits per heavy atom. The van der Waals surface area contributed by atoms with Crippen molar-refractivity contribution in [1.29, 1.82) is 0 Å². The van der Waals surface area contributed by atoms with Crippen molar-refractivity contribution >= 4 is 10.0 Å². The highest BCUT2D eigenvalue weighted by molar-refractivity contribution is 7.89. The summed E-state index contributed by atoms with van der Waals surface area (Å²) >= 11 is 0. The van der Waals surface area contributed by atoms with E-state index in [4.69, 9.17) is 0 Å². The molecule has 0 aliphatic carbocycles. The number of sulfonamides is 1. The van der Waals surface area contributed by atoms with Crippen molar-refractivity contribution in [2.45, 2.75) is 24.7 Å². The Kier molecular flexibility index (Phi) is 4.33. The standard InChI is InChI=1S/C12H16FN5O2S/c1-8(12-14-16-17-15-12)7-18(3)21(19,20)11-6-4-5-10(13)9(11)2/h4-6,8H,7H2,1-3H3,(H,14,15,16,17)/t8-/m1/s1. The monoisotopic (exact) mass is 313 g/mol. The van der Waals surface area contributed by atoms with Crippen molar-refractivity contribution in [2.24, 2.45) is 0 Å². The number of H-pyrrole nitrogens is 1. The van der Waals surface area contributed by atoms with E-state index in [1.807, 2.05) is 0 Å². The summed E-state index contributed by atoms with van der Waals surface area (Å²) in [5.41, 5.74) is 0.108. The number of rotatable bonds is 5. The summed E-state index contributed by atoms with van der Waals surface area (Å²) in [5, 5.41) is 13.4. The third-order valence-electron chi connectivity index (χ3n) is 3.24. The van der Waals surface area contributed by atoms with Crippen LogP contribution < -0.4 is 0 Å². The van der Waals surface area contributed by atoms with E-state index in [-0.39, 0.29) is 22.9 Å². The smallest absolute Gasteiger partial charge is 0.207 e. The van der Waals surface area contributed by atoms with E-state index in [1.165, 1.54) is 32.2 Å². The van der Waals surface area contributed by atoms with Gasteiger partial charge in [0.15, 0.2) is 5.82 Å². The van der Waals surface area contributed by atoms with Gasteiger partial charge in [0.1, 0.15) is 5.82 Å². The lowest BCUT2D eigenvalue weighted by atomic mass is 10.2. The molecule has 0 amide bonds. The van der Waals surface area contributed by atoms with Gasteiger partial charge in [-0.25, -0.2) is 17.1 Å². The van der Waals surface area contributed by atoms with Crippen LogP contribution in [0.25, 0.3) is 0 Å². The zero-order valence-corrected chi connectivity index (χ0v) is 12.7. The molecule has 0 aliphatic heterocycles. The van der Waals surface area contributed by atoms with E-state index in [2.05, 4.69) is 20.6 Å². The van der Waals surface area contributed by atoms with Crippen LogP contribution in [-0.4, -0.2) is 46.9 Å². The second kappa shape index (κ2) is 5.86. The Morgan fingerprint density at radius 3 is 2.76 bits per heavy atom. The molecular formula is C12H16FN5O2S. The van der Waals surface area contributed by atoms with E-state index >= 15 is 0 Å². The molecule has 0 saturated carbocycles.